The summed E-state index contributed by atoms with van der Waals surface area (Å²) in [5.74, 6) is 1.19. The van der Waals surface area contributed by atoms with E-state index >= 15 is 0 Å². The average Bonchev–Trinajstić information content (AvgIpc) is 2.84. The van der Waals surface area contributed by atoms with Gasteiger partial charge in [0.1, 0.15) is 12.4 Å². The number of hydrogen-bond donors (Lipinski definition) is 1. The van der Waals surface area contributed by atoms with Gasteiger partial charge in [-0.05, 0) is 31.3 Å². The van der Waals surface area contributed by atoms with Gasteiger partial charge < -0.3 is 25.0 Å². The van der Waals surface area contributed by atoms with Crippen molar-refractivity contribution >= 4 is 35.2 Å². The van der Waals surface area contributed by atoms with Crippen molar-refractivity contribution in [3.63, 3.8) is 0 Å². The summed E-state index contributed by atoms with van der Waals surface area (Å²) in [6, 6.07) is 8.66. The maximum atomic E-state index is 11.5. The Bertz CT molecular complexity index is 1170. The minimum absolute atomic E-state index is 0.214. The first-order valence-electron chi connectivity index (χ1n) is 10.6. The molecule has 1 aliphatic heterocycles. The number of amides is 1. The number of piperazine rings is 1. The number of nitrogens with zero attached hydrogens (tertiary/aromatic N) is 5. The van der Waals surface area contributed by atoms with E-state index in [0.29, 0.717) is 28.2 Å². The van der Waals surface area contributed by atoms with Crippen LogP contribution in [-0.4, -0.2) is 66.1 Å². The largest absolute Gasteiger partial charge is 0.497 e. The lowest BCUT2D eigenvalue weighted by atomic mass is 10.2. The molecule has 11 heteroatoms. The van der Waals surface area contributed by atoms with Crippen LogP contribution in [0.4, 0.5) is 5.95 Å². The van der Waals surface area contributed by atoms with Crippen molar-refractivity contribution in [2.45, 2.75) is 16.4 Å². The van der Waals surface area contributed by atoms with Crippen LogP contribution < -0.4 is 20.1 Å². The molecule has 178 valence electrons. The molecule has 3 heterocycles. The standard InChI is InChI=1S/C23H25ClN6O3S/c1-29-7-9-30(10-8-29)23-27-13-20(34-17-3-4-18(21(25)31)19(24)12-17)22(28-23)33-14-15-11-16(32-2)5-6-26-15/h3-6,11-13H,7-10,14H2,1-2H3,(H2,25,31). The van der Waals surface area contributed by atoms with Gasteiger partial charge in [0.25, 0.3) is 0 Å². The summed E-state index contributed by atoms with van der Waals surface area (Å²) in [5.41, 5.74) is 6.34. The van der Waals surface area contributed by atoms with Gasteiger partial charge in [0.15, 0.2) is 0 Å². The molecule has 2 N–H and O–H groups in total. The highest BCUT2D eigenvalue weighted by Gasteiger charge is 2.20. The number of hydrogen-bond acceptors (Lipinski definition) is 9. The minimum atomic E-state index is -0.573. The molecule has 3 aromatic rings. The van der Waals surface area contributed by atoms with Crippen molar-refractivity contribution in [1.82, 2.24) is 19.9 Å². The van der Waals surface area contributed by atoms with Crippen LogP contribution >= 0.6 is 23.4 Å². The fraction of sp³-hybridized carbons (Fsp3) is 0.304. The van der Waals surface area contributed by atoms with Crippen molar-refractivity contribution in [2.75, 3.05) is 45.2 Å². The number of rotatable bonds is 8. The van der Waals surface area contributed by atoms with E-state index in [4.69, 9.17) is 31.8 Å². The summed E-state index contributed by atoms with van der Waals surface area (Å²) in [4.78, 5) is 31.1. The van der Waals surface area contributed by atoms with Crippen LogP contribution in [0.15, 0.2) is 52.5 Å². The zero-order chi connectivity index (χ0) is 24.1. The number of nitrogens with two attached hydrogens (primary N) is 1. The van der Waals surface area contributed by atoms with E-state index in [1.807, 2.05) is 6.07 Å². The van der Waals surface area contributed by atoms with E-state index < -0.39 is 5.91 Å². The van der Waals surface area contributed by atoms with Crippen molar-refractivity contribution in [3.8, 4) is 11.6 Å². The van der Waals surface area contributed by atoms with Gasteiger partial charge in [0.2, 0.25) is 17.7 Å². The third kappa shape index (κ3) is 5.88. The van der Waals surface area contributed by atoms with Gasteiger partial charge in [-0.1, -0.05) is 23.4 Å². The molecule has 0 unspecified atom stereocenters. The lowest BCUT2D eigenvalue weighted by Crippen LogP contribution is -2.45. The first kappa shape index (κ1) is 24.1. The Morgan fingerprint density at radius 3 is 2.68 bits per heavy atom. The summed E-state index contributed by atoms with van der Waals surface area (Å²) in [5, 5.41) is 0.288. The molecule has 9 nitrogen and oxygen atoms in total. The highest BCUT2D eigenvalue weighted by atomic mass is 35.5. The predicted octanol–water partition coefficient (Wildman–Crippen LogP) is 3.11. The van der Waals surface area contributed by atoms with E-state index in [1.54, 1.807) is 43.8 Å². The number of halogens is 1. The van der Waals surface area contributed by atoms with Crippen LogP contribution in [0.3, 0.4) is 0 Å². The molecule has 2 aromatic heterocycles. The number of pyridine rings is 1. The predicted molar refractivity (Wildman–Crippen MR) is 131 cm³/mol. The minimum Gasteiger partial charge on any atom is -0.497 e. The Morgan fingerprint density at radius 2 is 1.97 bits per heavy atom. The molecule has 1 aliphatic rings. The molecule has 0 saturated carbocycles. The molecule has 4 rings (SSSR count). The van der Waals surface area contributed by atoms with E-state index in [0.717, 1.165) is 31.1 Å². The maximum Gasteiger partial charge on any atom is 0.250 e. The third-order valence-corrected chi connectivity index (χ3v) is 6.61. The van der Waals surface area contributed by atoms with Gasteiger partial charge in [-0.25, -0.2) is 4.98 Å². The van der Waals surface area contributed by atoms with Crippen LogP contribution in [0.5, 0.6) is 11.6 Å². The highest BCUT2D eigenvalue weighted by Crippen LogP contribution is 2.36. The van der Waals surface area contributed by atoms with E-state index in [9.17, 15) is 4.79 Å². The van der Waals surface area contributed by atoms with Gasteiger partial charge >= 0.3 is 0 Å². The second-order valence-corrected chi connectivity index (χ2v) is 9.24. The Morgan fingerprint density at radius 1 is 1.18 bits per heavy atom. The number of anilines is 1. The molecule has 0 bridgehead atoms. The molecule has 0 radical (unpaired) electrons. The van der Waals surface area contributed by atoms with Crippen LogP contribution in [0, 0.1) is 0 Å². The van der Waals surface area contributed by atoms with E-state index in [-0.39, 0.29) is 17.2 Å². The van der Waals surface area contributed by atoms with Gasteiger partial charge in [-0.2, -0.15) is 4.98 Å². The van der Waals surface area contributed by atoms with E-state index in [2.05, 4.69) is 26.8 Å². The second-order valence-electron chi connectivity index (χ2n) is 7.71. The quantitative estimate of drug-likeness (QED) is 0.499. The number of methoxy groups -OCH3 is 1. The number of primary amides is 1. The molecule has 1 saturated heterocycles. The zero-order valence-corrected chi connectivity index (χ0v) is 20.5. The monoisotopic (exact) mass is 500 g/mol. The molecular formula is C23H25ClN6O3S. The van der Waals surface area contributed by atoms with Crippen LogP contribution in [0.2, 0.25) is 5.02 Å². The Kier molecular flexibility index (Phi) is 7.71. The summed E-state index contributed by atoms with van der Waals surface area (Å²) in [7, 11) is 3.71. The molecular weight excluding hydrogens is 476 g/mol. The Hall–Kier alpha value is -3.08. The number of carbonyl (C=O) groups excluding carboxylic acids is 1. The van der Waals surface area contributed by atoms with Crippen molar-refractivity contribution < 1.29 is 14.3 Å². The lowest BCUT2D eigenvalue weighted by molar-refractivity contribution is 0.100. The van der Waals surface area contributed by atoms with Crippen molar-refractivity contribution in [1.29, 1.82) is 0 Å². The molecule has 0 aliphatic carbocycles. The van der Waals surface area contributed by atoms with Crippen LogP contribution in [-0.2, 0) is 6.61 Å². The maximum absolute atomic E-state index is 11.5. The average molecular weight is 501 g/mol. The number of benzene rings is 1. The highest BCUT2D eigenvalue weighted by molar-refractivity contribution is 7.99. The molecule has 1 fully saturated rings. The van der Waals surface area contributed by atoms with Crippen molar-refractivity contribution in [3.05, 3.63) is 59.0 Å². The number of aromatic nitrogens is 3. The SMILES string of the molecule is COc1ccnc(COc2nc(N3CCN(C)CC3)ncc2Sc2ccc(C(N)=O)c(Cl)c2)c1. The summed E-state index contributed by atoms with van der Waals surface area (Å²) < 4.78 is 11.4. The first-order chi connectivity index (χ1) is 16.4. The number of carbonyl (C=O) groups is 1. The van der Waals surface area contributed by atoms with Crippen molar-refractivity contribution in [2.24, 2.45) is 5.73 Å². The summed E-state index contributed by atoms with van der Waals surface area (Å²) in [6.07, 6.45) is 3.42. The van der Waals surface area contributed by atoms with Gasteiger partial charge in [-0.15, -0.1) is 0 Å². The Balaban J connectivity index is 1.60. The number of ether oxygens (including phenoxy) is 2. The summed E-state index contributed by atoms with van der Waals surface area (Å²) in [6.45, 7) is 3.77. The summed E-state index contributed by atoms with van der Waals surface area (Å²) >= 11 is 7.62. The zero-order valence-electron chi connectivity index (χ0n) is 18.9. The first-order valence-corrected chi connectivity index (χ1v) is 11.8. The molecule has 1 amide bonds. The molecule has 0 spiro atoms. The fourth-order valence-corrected chi connectivity index (χ4v) is 4.57. The molecule has 34 heavy (non-hydrogen) atoms. The van der Waals surface area contributed by atoms with Gasteiger partial charge in [0.05, 0.1) is 34.5 Å². The van der Waals surface area contributed by atoms with Gasteiger partial charge in [0, 0.05) is 43.3 Å². The topological polar surface area (TPSA) is 107 Å². The third-order valence-electron chi connectivity index (χ3n) is 5.31. The van der Waals surface area contributed by atoms with E-state index in [1.165, 1.54) is 11.8 Å². The lowest BCUT2D eigenvalue weighted by Gasteiger charge is -2.32. The molecule has 1 aromatic carbocycles. The second kappa shape index (κ2) is 10.9. The number of likely N-dealkylation sites (N-methyl/N-ethyl adjacent to an activating group) is 1. The van der Waals surface area contributed by atoms with Crippen LogP contribution in [0.1, 0.15) is 16.1 Å². The molecule has 0 atom stereocenters. The van der Waals surface area contributed by atoms with Crippen LogP contribution in [0.25, 0.3) is 0 Å². The fourth-order valence-electron chi connectivity index (χ4n) is 3.37. The smallest absolute Gasteiger partial charge is 0.250 e. The van der Waals surface area contributed by atoms with Gasteiger partial charge in [-0.3, -0.25) is 9.78 Å². The Labute approximate surface area is 207 Å². The normalized spacial score (nSPS) is 14.1.